The minimum atomic E-state index is 0.502. The number of hydrogen-bond acceptors (Lipinski definition) is 1. The lowest BCUT2D eigenvalue weighted by Crippen LogP contribution is -2.23. The van der Waals surface area contributed by atoms with Gasteiger partial charge in [0.2, 0.25) is 0 Å². The monoisotopic (exact) mass is 250 g/mol. The van der Waals surface area contributed by atoms with Gasteiger partial charge in [-0.2, -0.15) is 0 Å². The molecule has 1 aromatic carbocycles. The highest BCUT2D eigenvalue weighted by molar-refractivity contribution is 6.31. The molecule has 2 rings (SSSR count). The van der Waals surface area contributed by atoms with E-state index >= 15 is 0 Å². The molecule has 0 fully saturated rings. The Labute approximate surface area is 108 Å². The maximum absolute atomic E-state index is 6.03. The van der Waals surface area contributed by atoms with Crippen molar-refractivity contribution in [1.29, 1.82) is 0 Å². The largest absolute Gasteiger partial charge is 0.344 e. The van der Waals surface area contributed by atoms with Crippen LogP contribution in [0.2, 0.25) is 5.02 Å². The highest BCUT2D eigenvalue weighted by atomic mass is 35.5. The van der Waals surface area contributed by atoms with E-state index in [0.29, 0.717) is 6.04 Å². The summed E-state index contributed by atoms with van der Waals surface area (Å²) in [5.74, 6) is 0. The second kappa shape index (κ2) is 5.11. The number of hydrogen-bond donors (Lipinski definition) is 1. The van der Waals surface area contributed by atoms with Crippen LogP contribution in [0, 0.1) is 0 Å². The van der Waals surface area contributed by atoms with Crippen molar-refractivity contribution in [3.63, 3.8) is 0 Å². The lowest BCUT2D eigenvalue weighted by molar-refractivity contribution is 0.564. The third-order valence-corrected chi connectivity index (χ3v) is 3.19. The summed E-state index contributed by atoms with van der Waals surface area (Å²) in [4.78, 5) is 0. The average Bonchev–Trinajstić information content (AvgIpc) is 2.62. The van der Waals surface area contributed by atoms with E-state index in [1.807, 2.05) is 12.1 Å². The van der Waals surface area contributed by atoms with Gasteiger partial charge in [-0.05, 0) is 31.2 Å². The smallest absolute Gasteiger partial charge is 0.0483 e. The summed E-state index contributed by atoms with van der Waals surface area (Å²) in [6.45, 7) is 8.39. The Morgan fingerprint density at radius 2 is 2.06 bits per heavy atom. The van der Waals surface area contributed by atoms with Crippen LogP contribution in [-0.4, -0.2) is 10.6 Å². The number of aryl methyl sites for hydroxylation is 1. The molecule has 0 amide bonds. The molecule has 2 nitrogen and oxygen atoms in total. The topological polar surface area (TPSA) is 17.0 Å². The summed E-state index contributed by atoms with van der Waals surface area (Å²) < 4.78 is 2.33. The number of rotatable bonds is 4. The molecule has 0 saturated heterocycles. The Bertz CT molecular complexity index is 514. The fourth-order valence-electron chi connectivity index (χ4n) is 2.13. The molecule has 1 N–H and O–H groups in total. The third-order valence-electron chi connectivity index (χ3n) is 2.96. The summed E-state index contributed by atoms with van der Waals surface area (Å²) >= 11 is 6.03. The fraction of sp³-hybridized carbons (Fsp3) is 0.429. The van der Waals surface area contributed by atoms with Gasteiger partial charge in [-0.25, -0.2) is 0 Å². The SMILES string of the molecule is CCn1c(CNC(C)C)cc2cc(Cl)ccc21. The van der Waals surface area contributed by atoms with E-state index < -0.39 is 0 Å². The van der Waals surface area contributed by atoms with Gasteiger partial charge in [-0.15, -0.1) is 0 Å². The maximum Gasteiger partial charge on any atom is 0.0483 e. The number of halogens is 1. The zero-order valence-corrected chi connectivity index (χ0v) is 11.4. The first-order valence-corrected chi connectivity index (χ1v) is 6.50. The molecule has 92 valence electrons. The van der Waals surface area contributed by atoms with Crippen LogP contribution in [0.5, 0.6) is 0 Å². The van der Waals surface area contributed by atoms with Crippen molar-refractivity contribution in [2.24, 2.45) is 0 Å². The average molecular weight is 251 g/mol. The molecule has 0 atom stereocenters. The molecule has 0 aliphatic heterocycles. The second-order valence-corrected chi connectivity index (χ2v) is 5.06. The third kappa shape index (κ3) is 2.64. The summed E-state index contributed by atoms with van der Waals surface area (Å²) in [7, 11) is 0. The minimum Gasteiger partial charge on any atom is -0.344 e. The minimum absolute atomic E-state index is 0.502. The Morgan fingerprint density at radius 1 is 1.29 bits per heavy atom. The normalized spacial score (nSPS) is 11.6. The first-order valence-electron chi connectivity index (χ1n) is 6.13. The Kier molecular flexibility index (Phi) is 3.75. The van der Waals surface area contributed by atoms with Gasteiger partial charge in [-0.1, -0.05) is 25.4 Å². The van der Waals surface area contributed by atoms with Gasteiger partial charge in [0, 0.05) is 40.8 Å². The van der Waals surface area contributed by atoms with Crippen molar-refractivity contribution >= 4 is 22.5 Å². The molecular formula is C14H19ClN2. The van der Waals surface area contributed by atoms with Crippen molar-refractivity contribution < 1.29 is 0 Å². The molecule has 0 aliphatic carbocycles. The molecule has 0 radical (unpaired) electrons. The Morgan fingerprint density at radius 3 is 2.71 bits per heavy atom. The van der Waals surface area contributed by atoms with Crippen LogP contribution >= 0.6 is 11.6 Å². The maximum atomic E-state index is 6.03. The fourth-order valence-corrected chi connectivity index (χ4v) is 2.31. The van der Waals surface area contributed by atoms with Gasteiger partial charge in [-0.3, -0.25) is 0 Å². The predicted octanol–water partition coefficient (Wildman–Crippen LogP) is 3.81. The highest BCUT2D eigenvalue weighted by Gasteiger charge is 2.07. The molecule has 0 unspecified atom stereocenters. The highest BCUT2D eigenvalue weighted by Crippen LogP contribution is 2.23. The number of aromatic nitrogens is 1. The molecule has 1 aromatic heterocycles. The first kappa shape index (κ1) is 12.5. The first-order chi connectivity index (χ1) is 8.11. The van der Waals surface area contributed by atoms with Crippen molar-refractivity contribution in [3.05, 3.63) is 35.0 Å². The van der Waals surface area contributed by atoms with E-state index in [2.05, 4.69) is 42.8 Å². The Hall–Kier alpha value is -0.990. The quantitative estimate of drug-likeness (QED) is 0.873. The molecule has 17 heavy (non-hydrogen) atoms. The van der Waals surface area contributed by atoms with Crippen molar-refractivity contribution in [1.82, 2.24) is 9.88 Å². The van der Waals surface area contributed by atoms with Crippen molar-refractivity contribution in [2.45, 2.75) is 39.9 Å². The van der Waals surface area contributed by atoms with Gasteiger partial charge in [0.1, 0.15) is 0 Å². The van der Waals surface area contributed by atoms with Crippen LogP contribution in [0.1, 0.15) is 26.5 Å². The van der Waals surface area contributed by atoms with E-state index in [9.17, 15) is 0 Å². The zero-order valence-electron chi connectivity index (χ0n) is 10.6. The van der Waals surface area contributed by atoms with Crippen LogP contribution < -0.4 is 5.32 Å². The van der Waals surface area contributed by atoms with Crippen LogP contribution in [0.4, 0.5) is 0 Å². The molecular weight excluding hydrogens is 232 g/mol. The molecule has 3 heteroatoms. The van der Waals surface area contributed by atoms with Crippen molar-refractivity contribution in [3.8, 4) is 0 Å². The van der Waals surface area contributed by atoms with Crippen LogP contribution in [0.3, 0.4) is 0 Å². The summed E-state index contributed by atoms with van der Waals surface area (Å²) in [6.07, 6.45) is 0. The lowest BCUT2D eigenvalue weighted by Gasteiger charge is -2.11. The van der Waals surface area contributed by atoms with E-state index in [-0.39, 0.29) is 0 Å². The van der Waals surface area contributed by atoms with E-state index in [1.165, 1.54) is 16.6 Å². The van der Waals surface area contributed by atoms with E-state index in [1.54, 1.807) is 0 Å². The summed E-state index contributed by atoms with van der Waals surface area (Å²) in [5.41, 5.74) is 2.58. The van der Waals surface area contributed by atoms with E-state index in [4.69, 9.17) is 11.6 Å². The number of nitrogens with one attached hydrogen (secondary N) is 1. The van der Waals surface area contributed by atoms with Gasteiger partial charge in [0.15, 0.2) is 0 Å². The van der Waals surface area contributed by atoms with Gasteiger partial charge >= 0.3 is 0 Å². The lowest BCUT2D eigenvalue weighted by atomic mass is 10.2. The van der Waals surface area contributed by atoms with Crippen LogP contribution in [0.15, 0.2) is 24.3 Å². The Balaban J connectivity index is 2.41. The standard InChI is InChI=1S/C14H19ClN2/c1-4-17-13(9-16-10(2)3)8-11-7-12(15)5-6-14(11)17/h5-8,10,16H,4,9H2,1-3H3. The van der Waals surface area contributed by atoms with Gasteiger partial charge in [0.05, 0.1) is 0 Å². The summed E-state index contributed by atoms with van der Waals surface area (Å²) in [6, 6.07) is 8.81. The number of nitrogens with zero attached hydrogens (tertiary/aromatic N) is 1. The summed E-state index contributed by atoms with van der Waals surface area (Å²) in [5, 5.41) is 5.48. The van der Waals surface area contributed by atoms with Gasteiger partial charge in [0.25, 0.3) is 0 Å². The number of fused-ring (bicyclic) bond motifs is 1. The molecule has 2 aromatic rings. The second-order valence-electron chi connectivity index (χ2n) is 4.62. The van der Waals surface area contributed by atoms with Crippen molar-refractivity contribution in [2.75, 3.05) is 0 Å². The molecule has 0 spiro atoms. The van der Waals surface area contributed by atoms with Crippen LogP contribution in [-0.2, 0) is 13.1 Å². The van der Waals surface area contributed by atoms with Crippen LogP contribution in [0.25, 0.3) is 10.9 Å². The molecule has 0 bridgehead atoms. The van der Waals surface area contributed by atoms with Gasteiger partial charge < -0.3 is 9.88 Å². The van der Waals surface area contributed by atoms with E-state index in [0.717, 1.165) is 18.1 Å². The molecule has 1 heterocycles. The predicted molar refractivity (Wildman–Crippen MR) is 74.6 cm³/mol. The number of benzene rings is 1. The molecule has 0 saturated carbocycles. The molecule has 0 aliphatic rings. The zero-order chi connectivity index (χ0) is 12.4.